The first-order valence-corrected chi connectivity index (χ1v) is 12.3. The first-order chi connectivity index (χ1) is 17.7. The monoisotopic (exact) mass is 460 g/mol. The van der Waals surface area contributed by atoms with E-state index in [2.05, 4.69) is 103 Å². The normalized spacial score (nSPS) is 16.7. The molecule has 1 unspecified atom stereocenters. The van der Waals surface area contributed by atoms with Gasteiger partial charge in [0.25, 0.3) is 0 Å². The third kappa shape index (κ3) is 2.30. The predicted octanol–water partition coefficient (Wildman–Crippen LogP) is 6.02. The zero-order valence-corrected chi connectivity index (χ0v) is 19.4. The van der Waals surface area contributed by atoms with E-state index in [1.165, 1.54) is 49.4 Å². The molecular formula is C33H21BO2. The predicted molar refractivity (Wildman–Crippen MR) is 148 cm³/mol. The fourth-order valence-electron chi connectivity index (χ4n) is 6.94. The molecule has 0 saturated heterocycles. The minimum Gasteiger partial charge on any atom is -0.423 e. The molecule has 2 aliphatic carbocycles. The van der Waals surface area contributed by atoms with Crippen LogP contribution in [0.25, 0.3) is 43.8 Å². The van der Waals surface area contributed by atoms with Gasteiger partial charge in [-0.05, 0) is 83.6 Å². The van der Waals surface area contributed by atoms with E-state index in [0.29, 0.717) is 5.46 Å². The molecule has 0 saturated carbocycles. The smallest absolute Gasteiger partial charge is 0.423 e. The van der Waals surface area contributed by atoms with Gasteiger partial charge < -0.3 is 10.0 Å². The van der Waals surface area contributed by atoms with Crippen molar-refractivity contribution in [3.63, 3.8) is 0 Å². The average Bonchev–Trinajstić information content (AvgIpc) is 3.38. The van der Waals surface area contributed by atoms with Gasteiger partial charge in [-0.25, -0.2) is 0 Å². The van der Waals surface area contributed by atoms with Crippen LogP contribution in [0.1, 0.15) is 22.3 Å². The highest BCUT2D eigenvalue weighted by molar-refractivity contribution is 6.60. The molecule has 2 N–H and O–H groups in total. The van der Waals surface area contributed by atoms with Crippen LogP contribution in [0.4, 0.5) is 0 Å². The van der Waals surface area contributed by atoms with Crippen molar-refractivity contribution in [2.75, 3.05) is 0 Å². The van der Waals surface area contributed by atoms with Crippen LogP contribution in [0, 0.1) is 0 Å². The zero-order chi connectivity index (χ0) is 24.0. The Morgan fingerprint density at radius 2 is 1.19 bits per heavy atom. The third-order valence-corrected chi connectivity index (χ3v) is 8.26. The van der Waals surface area contributed by atoms with Gasteiger partial charge in [-0.3, -0.25) is 0 Å². The lowest BCUT2D eigenvalue weighted by Gasteiger charge is -2.31. The van der Waals surface area contributed by atoms with E-state index >= 15 is 0 Å². The number of hydrogen-bond acceptors (Lipinski definition) is 2. The summed E-state index contributed by atoms with van der Waals surface area (Å²) in [5, 5.41) is 25.7. The summed E-state index contributed by atoms with van der Waals surface area (Å²) in [5.74, 6) is 0. The van der Waals surface area contributed by atoms with Gasteiger partial charge in [0.1, 0.15) is 0 Å². The number of rotatable bonds is 1. The lowest BCUT2D eigenvalue weighted by atomic mass is 9.68. The first kappa shape index (κ1) is 20.1. The van der Waals surface area contributed by atoms with Crippen molar-refractivity contribution in [2.24, 2.45) is 0 Å². The van der Waals surface area contributed by atoms with Crippen molar-refractivity contribution in [2.45, 2.75) is 5.41 Å². The maximum atomic E-state index is 10.4. The third-order valence-electron chi connectivity index (χ3n) is 8.26. The van der Waals surface area contributed by atoms with Gasteiger partial charge in [0.2, 0.25) is 0 Å². The Labute approximate surface area is 209 Å². The summed E-state index contributed by atoms with van der Waals surface area (Å²) in [7, 11) is -1.55. The second kappa shape index (κ2) is 6.95. The van der Waals surface area contributed by atoms with Gasteiger partial charge in [-0.2, -0.15) is 0 Å². The molecule has 0 bridgehead atoms. The summed E-state index contributed by atoms with van der Waals surface area (Å²) in [6.45, 7) is 0. The van der Waals surface area contributed by atoms with Crippen molar-refractivity contribution in [1.29, 1.82) is 0 Å². The van der Waals surface area contributed by atoms with Gasteiger partial charge in [0, 0.05) is 0 Å². The summed E-state index contributed by atoms with van der Waals surface area (Å²) in [6.07, 6.45) is 0. The van der Waals surface area contributed by atoms with Crippen molar-refractivity contribution in [3.05, 3.63) is 138 Å². The largest absolute Gasteiger partial charge is 0.489 e. The topological polar surface area (TPSA) is 40.5 Å². The SMILES string of the molecule is OB(O)c1cccc2c1-c1ccc3ccccc3c1C21c2ccccc2-c2cc3ccccc3cc21. The lowest BCUT2D eigenvalue weighted by Crippen LogP contribution is -2.33. The second-order valence-corrected chi connectivity index (χ2v) is 9.89. The molecule has 3 heteroatoms. The van der Waals surface area contributed by atoms with Crippen molar-refractivity contribution in [3.8, 4) is 22.3 Å². The second-order valence-electron chi connectivity index (χ2n) is 9.89. The molecule has 1 spiro atoms. The highest BCUT2D eigenvalue weighted by Gasteiger charge is 2.53. The molecule has 6 aromatic rings. The highest BCUT2D eigenvalue weighted by atomic mass is 16.4. The van der Waals surface area contributed by atoms with E-state index in [1.807, 2.05) is 12.1 Å². The fourth-order valence-corrected chi connectivity index (χ4v) is 6.94. The Balaban J connectivity index is 1.66. The molecule has 0 heterocycles. The van der Waals surface area contributed by atoms with E-state index in [9.17, 15) is 10.0 Å². The molecule has 0 radical (unpaired) electrons. The molecule has 0 fully saturated rings. The summed E-state index contributed by atoms with van der Waals surface area (Å²) in [4.78, 5) is 0. The van der Waals surface area contributed by atoms with Crippen LogP contribution in [0.2, 0.25) is 0 Å². The number of benzene rings is 6. The van der Waals surface area contributed by atoms with E-state index in [0.717, 1.165) is 16.7 Å². The molecule has 0 aromatic heterocycles. The molecular weight excluding hydrogens is 439 g/mol. The van der Waals surface area contributed by atoms with Crippen LogP contribution in [0.5, 0.6) is 0 Å². The van der Waals surface area contributed by atoms with Crippen LogP contribution >= 0.6 is 0 Å². The van der Waals surface area contributed by atoms with Crippen LogP contribution < -0.4 is 5.46 Å². The van der Waals surface area contributed by atoms with Gasteiger partial charge in [-0.15, -0.1) is 0 Å². The molecule has 8 rings (SSSR count). The van der Waals surface area contributed by atoms with E-state index in [1.54, 1.807) is 0 Å². The van der Waals surface area contributed by atoms with Gasteiger partial charge in [0.05, 0.1) is 5.41 Å². The maximum absolute atomic E-state index is 10.4. The van der Waals surface area contributed by atoms with E-state index in [-0.39, 0.29) is 0 Å². The molecule has 2 nitrogen and oxygen atoms in total. The number of fused-ring (bicyclic) bond motifs is 13. The fraction of sp³-hybridized carbons (Fsp3) is 0.0303. The van der Waals surface area contributed by atoms with Crippen LogP contribution in [-0.2, 0) is 5.41 Å². The Bertz CT molecular complexity index is 1890. The van der Waals surface area contributed by atoms with Gasteiger partial charge in [-0.1, -0.05) is 103 Å². The van der Waals surface area contributed by atoms with Gasteiger partial charge in [0.15, 0.2) is 0 Å². The molecule has 0 aliphatic heterocycles. The van der Waals surface area contributed by atoms with Gasteiger partial charge >= 0.3 is 7.12 Å². The first-order valence-electron chi connectivity index (χ1n) is 12.3. The summed E-state index contributed by atoms with van der Waals surface area (Å²) in [5.41, 5.74) is 9.32. The van der Waals surface area contributed by atoms with Crippen LogP contribution in [0.3, 0.4) is 0 Å². The quantitative estimate of drug-likeness (QED) is 0.294. The summed E-state index contributed by atoms with van der Waals surface area (Å²) in [6, 6.07) is 40.8. The minimum absolute atomic E-state index is 0.549. The molecule has 168 valence electrons. The Hall–Kier alpha value is -4.18. The van der Waals surface area contributed by atoms with E-state index < -0.39 is 12.5 Å². The summed E-state index contributed by atoms with van der Waals surface area (Å²) < 4.78 is 0. The van der Waals surface area contributed by atoms with Crippen LogP contribution in [0.15, 0.2) is 115 Å². The average molecular weight is 460 g/mol. The highest BCUT2D eigenvalue weighted by Crippen LogP contribution is 2.64. The minimum atomic E-state index is -1.55. The molecule has 0 amide bonds. The Morgan fingerprint density at radius 1 is 0.500 bits per heavy atom. The molecule has 2 aliphatic rings. The Morgan fingerprint density at radius 3 is 2.03 bits per heavy atom. The van der Waals surface area contributed by atoms with E-state index in [4.69, 9.17) is 0 Å². The molecule has 6 aromatic carbocycles. The van der Waals surface area contributed by atoms with Crippen LogP contribution in [-0.4, -0.2) is 17.2 Å². The zero-order valence-electron chi connectivity index (χ0n) is 19.4. The molecule has 1 atom stereocenters. The number of hydrogen-bond donors (Lipinski definition) is 2. The summed E-state index contributed by atoms with van der Waals surface area (Å²) >= 11 is 0. The van der Waals surface area contributed by atoms with Crippen molar-refractivity contribution >= 4 is 34.1 Å². The molecule has 36 heavy (non-hydrogen) atoms. The van der Waals surface area contributed by atoms with Crippen molar-refractivity contribution in [1.82, 2.24) is 0 Å². The Kier molecular flexibility index (Phi) is 3.87. The lowest BCUT2D eigenvalue weighted by molar-refractivity contribution is 0.426. The standard InChI is InChI=1S/C33H21BO2/c35-34(36)30-15-7-14-28-31(30)25-17-16-20-8-3-4-11-23(20)32(25)33(28)27-13-6-5-12-24(27)26-18-21-9-1-2-10-22(21)19-29(26)33/h1-19,35-36H. The van der Waals surface area contributed by atoms with Crippen molar-refractivity contribution < 1.29 is 10.0 Å². The maximum Gasteiger partial charge on any atom is 0.489 e.